The number of carbonyl (C=O) groups excluding carboxylic acids is 3. The first-order valence-electron chi connectivity index (χ1n) is 15.7. The number of Topliss-reactive ketones (excluding diaryl/α,β-unsaturated/α-hetero) is 1. The Morgan fingerprint density at radius 3 is 1.34 bits per heavy atom. The van der Waals surface area contributed by atoms with Crippen LogP contribution >= 0.6 is 0 Å². The number of hydrogen-bond donors (Lipinski definition) is 0. The number of ketones is 1. The van der Waals surface area contributed by atoms with E-state index in [4.69, 9.17) is 13.9 Å². The van der Waals surface area contributed by atoms with E-state index in [1.165, 1.54) is 25.0 Å². The Bertz CT molecular complexity index is 1550. The molecule has 0 aliphatic rings. The van der Waals surface area contributed by atoms with Crippen LogP contribution in [-0.4, -0.2) is 53.1 Å². The topological polar surface area (TPSA) is 90.2 Å². The van der Waals surface area contributed by atoms with Crippen LogP contribution in [0.5, 0.6) is 5.75 Å². The minimum atomic E-state index is -3.67. The highest BCUT2D eigenvalue weighted by Gasteiger charge is 2.16. The van der Waals surface area contributed by atoms with Gasteiger partial charge >= 0.3 is 38.5 Å². The third-order valence-corrected chi connectivity index (χ3v) is 5.83. The SMILES string of the molecule is CC(=O)OC(C)=O.CC(=O)c1ccc(C)cc1.CCOCC.COc1ccc(-c2cc(C)[o+]c(-c3ccc(C)cc3)c2)cc1.FB(F)F.FB(F)F.[F-]. The molecule has 0 saturated heterocycles. The quantitative estimate of drug-likeness (QED) is 0.0500. The minimum Gasteiger partial charge on any atom is -1.00 e. The van der Waals surface area contributed by atoms with Gasteiger partial charge in [0.1, 0.15) is 5.75 Å². The summed E-state index contributed by atoms with van der Waals surface area (Å²) in [5, 5.41) is 0. The van der Waals surface area contributed by atoms with Crippen LogP contribution in [0, 0.1) is 20.8 Å². The lowest BCUT2D eigenvalue weighted by atomic mass is 10.0. The van der Waals surface area contributed by atoms with Gasteiger partial charge in [-0.05, 0) is 64.4 Å². The largest absolute Gasteiger partial charge is 1.00 e. The van der Waals surface area contributed by atoms with Crippen LogP contribution in [0.25, 0.3) is 22.5 Å². The van der Waals surface area contributed by atoms with Gasteiger partial charge in [-0.1, -0.05) is 59.7 Å². The number of halogens is 7. The summed E-state index contributed by atoms with van der Waals surface area (Å²) in [7, 11) is -5.66. The second-order valence-corrected chi connectivity index (χ2v) is 10.2. The second-order valence-electron chi connectivity index (χ2n) is 10.2. The third-order valence-electron chi connectivity index (χ3n) is 5.83. The molecule has 4 rings (SSSR count). The summed E-state index contributed by atoms with van der Waals surface area (Å²) in [6.45, 7) is 15.7. The number of benzene rings is 3. The zero-order valence-electron chi connectivity index (χ0n) is 31.2. The van der Waals surface area contributed by atoms with Crippen molar-refractivity contribution in [3.63, 3.8) is 0 Å². The van der Waals surface area contributed by atoms with Crippen molar-refractivity contribution in [2.75, 3.05) is 20.3 Å². The number of hydrogen-bond acceptors (Lipinski definition) is 6. The predicted molar refractivity (Wildman–Crippen MR) is 194 cm³/mol. The van der Waals surface area contributed by atoms with Crippen LogP contribution in [0.3, 0.4) is 0 Å². The average Bonchev–Trinajstić information content (AvgIpc) is 3.05. The van der Waals surface area contributed by atoms with Crippen molar-refractivity contribution < 1.29 is 63.6 Å². The highest BCUT2D eigenvalue weighted by molar-refractivity contribution is 6.33. The molecule has 0 unspecified atom stereocenters. The van der Waals surface area contributed by atoms with Crippen LogP contribution in [0.15, 0.2) is 89.3 Å². The van der Waals surface area contributed by atoms with E-state index in [0.29, 0.717) is 0 Å². The standard InChI is InChI=1S/C20H19O2.C9H10O.C4H6O3.C4H10O.2BF3.FH/c1-14-4-6-17(7-5-14)20-13-18(12-15(2)22-20)16-8-10-19(21-3)11-9-16;1-7-3-5-9(6-4-7)8(2)10;1-3(5)7-4(2)6;1-3-5-4-2;2*2-1(3)4;/h4-13H,1-3H3;3-6H,1-2H3;1-2H3;3-4H2,1-2H3;;;1H/q+1;;;;;;/p-1. The van der Waals surface area contributed by atoms with Gasteiger partial charge in [-0.25, -0.2) is 4.42 Å². The second kappa shape index (κ2) is 30.6. The first kappa shape index (κ1) is 52.4. The molecule has 0 N–H and O–H groups in total. The summed E-state index contributed by atoms with van der Waals surface area (Å²) < 4.78 is 77.9. The van der Waals surface area contributed by atoms with Crippen molar-refractivity contribution in [1.82, 2.24) is 0 Å². The Balaban J connectivity index is -0.000000671. The summed E-state index contributed by atoms with van der Waals surface area (Å²) in [6, 6.07) is 28.2. The Kier molecular flexibility index (Phi) is 30.3. The van der Waals surface area contributed by atoms with Crippen molar-refractivity contribution in [3.05, 3.63) is 107 Å². The van der Waals surface area contributed by atoms with Crippen LogP contribution in [0.2, 0.25) is 0 Å². The van der Waals surface area contributed by atoms with Crippen molar-refractivity contribution in [2.45, 2.75) is 55.4 Å². The number of carbonyl (C=O) groups is 3. The van der Waals surface area contributed by atoms with E-state index >= 15 is 0 Å². The van der Waals surface area contributed by atoms with Crippen LogP contribution in [0.1, 0.15) is 61.9 Å². The molecule has 1 aromatic heterocycles. The first-order valence-corrected chi connectivity index (χ1v) is 15.7. The molecule has 7 nitrogen and oxygen atoms in total. The summed E-state index contributed by atoms with van der Waals surface area (Å²) in [5.74, 6) is 1.63. The maximum Gasteiger partial charge on any atom is 0.762 e. The molecular formula is C37H45B2F7O7. The third kappa shape index (κ3) is 29.3. The average molecular weight is 756 g/mol. The molecule has 290 valence electrons. The highest BCUT2D eigenvalue weighted by atomic mass is 19.4. The maximum atomic E-state index is 10.8. The van der Waals surface area contributed by atoms with Gasteiger partial charge in [0.15, 0.2) is 5.78 Å². The molecule has 0 radical (unpaired) electrons. The van der Waals surface area contributed by atoms with Crippen LogP contribution in [-0.2, 0) is 19.1 Å². The van der Waals surface area contributed by atoms with Gasteiger partial charge in [0, 0.05) is 44.3 Å². The molecule has 1 heterocycles. The van der Waals surface area contributed by atoms with E-state index in [1.807, 2.05) is 64.1 Å². The lowest BCUT2D eigenvalue weighted by molar-refractivity contribution is -0.156. The van der Waals surface area contributed by atoms with Gasteiger partial charge in [-0.3, -0.25) is 40.3 Å². The van der Waals surface area contributed by atoms with Crippen LogP contribution < -0.4 is 9.44 Å². The fourth-order valence-electron chi connectivity index (χ4n) is 3.64. The van der Waals surface area contributed by atoms with E-state index < -0.39 is 27.0 Å². The van der Waals surface area contributed by atoms with Gasteiger partial charge in [0.25, 0.3) is 0 Å². The summed E-state index contributed by atoms with van der Waals surface area (Å²) >= 11 is 0. The summed E-state index contributed by atoms with van der Waals surface area (Å²) in [6.07, 6.45) is 0. The van der Waals surface area contributed by atoms with Crippen molar-refractivity contribution in [3.8, 4) is 28.2 Å². The monoisotopic (exact) mass is 756 g/mol. The highest BCUT2D eigenvalue weighted by Crippen LogP contribution is 2.29. The van der Waals surface area contributed by atoms with Crippen molar-refractivity contribution >= 4 is 32.8 Å². The maximum absolute atomic E-state index is 10.8. The van der Waals surface area contributed by atoms with Gasteiger partial charge < -0.3 is 18.9 Å². The zero-order valence-corrected chi connectivity index (χ0v) is 31.2. The number of aryl methyl sites for hydroxylation is 3. The van der Waals surface area contributed by atoms with Gasteiger partial charge in [-0.2, -0.15) is 0 Å². The van der Waals surface area contributed by atoms with Crippen LogP contribution in [0.4, 0.5) is 25.9 Å². The fraction of sp³-hybridized carbons (Fsp3) is 0.297. The number of esters is 2. The molecule has 0 saturated carbocycles. The smallest absolute Gasteiger partial charge is 0.762 e. The molecule has 0 bridgehead atoms. The minimum absolute atomic E-state index is 0. The normalized spacial score (nSPS) is 8.96. The predicted octanol–water partition coefficient (Wildman–Crippen LogP) is 7.62. The van der Waals surface area contributed by atoms with Gasteiger partial charge in [0.05, 0.1) is 25.7 Å². The molecule has 0 aliphatic heterocycles. The summed E-state index contributed by atoms with van der Waals surface area (Å²) in [4.78, 5) is 30.4. The summed E-state index contributed by atoms with van der Waals surface area (Å²) in [5.41, 5.74) is 6.58. The van der Waals surface area contributed by atoms with Crippen molar-refractivity contribution in [2.24, 2.45) is 0 Å². The number of rotatable bonds is 6. The van der Waals surface area contributed by atoms with E-state index in [-0.39, 0.29) is 10.5 Å². The number of methoxy groups -OCH3 is 1. The molecule has 0 spiro atoms. The Hall–Kier alpha value is -4.98. The lowest BCUT2D eigenvalue weighted by Gasteiger charge is -2.03. The fourth-order valence-corrected chi connectivity index (χ4v) is 3.64. The molecule has 0 atom stereocenters. The Morgan fingerprint density at radius 2 is 1.02 bits per heavy atom. The van der Waals surface area contributed by atoms with Gasteiger partial charge in [0.2, 0.25) is 0 Å². The van der Waals surface area contributed by atoms with E-state index in [2.05, 4.69) is 60.2 Å². The molecule has 4 aromatic rings. The molecule has 53 heavy (non-hydrogen) atoms. The Labute approximate surface area is 307 Å². The molecular weight excluding hydrogens is 711 g/mol. The molecule has 0 fully saturated rings. The van der Waals surface area contributed by atoms with Gasteiger partial charge in [-0.15, -0.1) is 0 Å². The van der Waals surface area contributed by atoms with Crippen molar-refractivity contribution in [1.29, 1.82) is 0 Å². The lowest BCUT2D eigenvalue weighted by Crippen LogP contribution is -3.00. The molecule has 3 aromatic carbocycles. The number of ether oxygens (including phenoxy) is 3. The van der Waals surface area contributed by atoms with E-state index in [9.17, 15) is 40.3 Å². The first-order chi connectivity index (χ1) is 24.4. The van der Waals surface area contributed by atoms with E-state index in [0.717, 1.165) is 52.7 Å². The zero-order chi connectivity index (χ0) is 40.2. The molecule has 0 amide bonds. The molecule has 16 heteroatoms. The Morgan fingerprint density at radius 1 is 0.623 bits per heavy atom. The van der Waals surface area contributed by atoms with E-state index in [1.54, 1.807) is 14.0 Å². The molecule has 0 aliphatic carbocycles.